The van der Waals surface area contributed by atoms with Crippen molar-refractivity contribution >= 4 is 23.5 Å². The molecular weight excluding hydrogens is 411 g/mol. The number of amides is 2. The van der Waals surface area contributed by atoms with Gasteiger partial charge in [0.05, 0.1) is 5.41 Å². The van der Waals surface area contributed by atoms with Crippen molar-refractivity contribution in [2.45, 2.75) is 44.6 Å². The standard InChI is InChI=1S/C24H27FN4O3/c1-23(2,3)32-22(31)29-10-8-28(9-11-29)17-13-15(12-16(25)14-17)18-4-7-26-20-19(18)24(5-6-24)21(30)27-20/h4,7,12-14H,5-6,8-11H2,1-3H3,(H,26,27,30). The highest BCUT2D eigenvalue weighted by molar-refractivity contribution is 6.09. The second-order valence-corrected chi connectivity index (χ2v) is 9.77. The van der Waals surface area contributed by atoms with Crippen molar-refractivity contribution in [3.63, 3.8) is 0 Å². The fraction of sp³-hybridized carbons (Fsp3) is 0.458. The number of ether oxygens (including phenoxy) is 1. The fourth-order valence-corrected chi connectivity index (χ4v) is 4.61. The molecule has 1 N–H and O–H groups in total. The number of aromatic nitrogens is 1. The van der Waals surface area contributed by atoms with Gasteiger partial charge in [-0.2, -0.15) is 0 Å². The van der Waals surface area contributed by atoms with Crippen LogP contribution < -0.4 is 10.2 Å². The van der Waals surface area contributed by atoms with Gasteiger partial charge in [-0.3, -0.25) is 4.79 Å². The van der Waals surface area contributed by atoms with Gasteiger partial charge in [0.25, 0.3) is 0 Å². The number of hydrogen-bond acceptors (Lipinski definition) is 5. The summed E-state index contributed by atoms with van der Waals surface area (Å²) < 4.78 is 20.1. The number of rotatable bonds is 2. The fourth-order valence-electron chi connectivity index (χ4n) is 4.61. The zero-order valence-corrected chi connectivity index (χ0v) is 18.6. The number of carbonyl (C=O) groups is 2. The second kappa shape index (κ2) is 7.18. The first kappa shape index (κ1) is 20.7. The quantitative estimate of drug-likeness (QED) is 0.769. The Hall–Kier alpha value is -3.16. The third-order valence-corrected chi connectivity index (χ3v) is 6.34. The van der Waals surface area contributed by atoms with Gasteiger partial charge in [-0.05, 0) is 69.0 Å². The molecule has 2 aliphatic heterocycles. The topological polar surface area (TPSA) is 74.8 Å². The summed E-state index contributed by atoms with van der Waals surface area (Å²) in [6, 6.07) is 6.85. The molecule has 2 aromatic rings. The van der Waals surface area contributed by atoms with E-state index < -0.39 is 11.0 Å². The van der Waals surface area contributed by atoms with E-state index in [0.717, 1.165) is 35.2 Å². The predicted octanol–water partition coefficient (Wildman–Crippen LogP) is 3.93. The lowest BCUT2D eigenvalue weighted by molar-refractivity contribution is -0.117. The molecule has 168 valence electrons. The van der Waals surface area contributed by atoms with Gasteiger partial charge < -0.3 is 19.9 Å². The molecule has 1 aromatic carbocycles. The minimum Gasteiger partial charge on any atom is -0.444 e. The lowest BCUT2D eigenvalue weighted by Gasteiger charge is -2.37. The average molecular weight is 439 g/mol. The van der Waals surface area contributed by atoms with Crippen molar-refractivity contribution in [3.8, 4) is 11.1 Å². The van der Waals surface area contributed by atoms with Crippen molar-refractivity contribution in [2.75, 3.05) is 36.4 Å². The van der Waals surface area contributed by atoms with E-state index in [1.807, 2.05) is 32.9 Å². The summed E-state index contributed by atoms with van der Waals surface area (Å²) in [5, 5.41) is 2.88. The predicted molar refractivity (Wildman–Crippen MR) is 119 cm³/mol. The zero-order chi connectivity index (χ0) is 22.7. The van der Waals surface area contributed by atoms with Gasteiger partial charge in [0.15, 0.2) is 0 Å². The van der Waals surface area contributed by atoms with Crippen molar-refractivity contribution in [1.29, 1.82) is 0 Å². The summed E-state index contributed by atoms with van der Waals surface area (Å²) in [6.07, 6.45) is 2.91. The summed E-state index contributed by atoms with van der Waals surface area (Å²) >= 11 is 0. The Morgan fingerprint density at radius 3 is 2.53 bits per heavy atom. The SMILES string of the molecule is CC(C)(C)OC(=O)N1CCN(c2cc(F)cc(-c3ccnc4c3C3(CC3)C(=O)N4)c2)CC1. The van der Waals surface area contributed by atoms with Crippen LogP contribution in [0, 0.1) is 5.82 Å². The minimum absolute atomic E-state index is 0.0117. The van der Waals surface area contributed by atoms with E-state index in [0.29, 0.717) is 32.0 Å². The van der Waals surface area contributed by atoms with E-state index in [1.54, 1.807) is 11.1 Å². The van der Waals surface area contributed by atoms with Gasteiger partial charge in [0.1, 0.15) is 17.2 Å². The third-order valence-electron chi connectivity index (χ3n) is 6.34. The minimum atomic E-state index is -0.536. The number of fused-ring (bicyclic) bond motifs is 2. The lowest BCUT2D eigenvalue weighted by Crippen LogP contribution is -2.50. The molecule has 7 nitrogen and oxygen atoms in total. The van der Waals surface area contributed by atoms with Crippen LogP contribution in [-0.4, -0.2) is 53.7 Å². The van der Waals surface area contributed by atoms with Crippen LogP contribution in [0.1, 0.15) is 39.2 Å². The van der Waals surface area contributed by atoms with Crippen LogP contribution in [0.4, 0.5) is 20.7 Å². The van der Waals surface area contributed by atoms with E-state index >= 15 is 0 Å². The van der Waals surface area contributed by atoms with E-state index in [2.05, 4.69) is 15.2 Å². The van der Waals surface area contributed by atoms with Crippen LogP contribution in [0.2, 0.25) is 0 Å². The maximum absolute atomic E-state index is 14.7. The van der Waals surface area contributed by atoms with E-state index in [4.69, 9.17) is 4.74 Å². The Balaban J connectivity index is 1.39. The maximum Gasteiger partial charge on any atom is 0.410 e. The van der Waals surface area contributed by atoms with Gasteiger partial charge in [-0.25, -0.2) is 14.2 Å². The summed E-state index contributed by atoms with van der Waals surface area (Å²) in [7, 11) is 0. The molecule has 2 amide bonds. The van der Waals surface area contributed by atoms with Crippen LogP contribution in [-0.2, 0) is 14.9 Å². The largest absolute Gasteiger partial charge is 0.444 e. The number of anilines is 2. The summed E-state index contributed by atoms with van der Waals surface area (Å²) in [6.45, 7) is 7.72. The molecule has 8 heteroatoms. The molecule has 3 aliphatic rings. The number of carbonyl (C=O) groups excluding carboxylic acids is 2. The molecule has 2 fully saturated rings. The van der Waals surface area contributed by atoms with Crippen molar-refractivity contribution in [3.05, 3.63) is 41.8 Å². The molecule has 5 rings (SSSR count). The Morgan fingerprint density at radius 1 is 1.16 bits per heavy atom. The molecule has 1 spiro atoms. The Labute approximate surface area is 186 Å². The van der Waals surface area contributed by atoms with Gasteiger partial charge in [0.2, 0.25) is 5.91 Å². The highest BCUT2D eigenvalue weighted by atomic mass is 19.1. The third kappa shape index (κ3) is 3.57. The summed E-state index contributed by atoms with van der Waals surface area (Å²) in [5.74, 6) is 0.240. The van der Waals surface area contributed by atoms with Crippen molar-refractivity contribution in [1.82, 2.24) is 9.88 Å². The molecule has 3 heterocycles. The first-order valence-corrected chi connectivity index (χ1v) is 11.0. The highest BCUT2D eigenvalue weighted by Gasteiger charge is 2.58. The Morgan fingerprint density at radius 2 is 1.88 bits per heavy atom. The zero-order valence-electron chi connectivity index (χ0n) is 18.6. The molecule has 0 atom stereocenters. The molecule has 1 saturated heterocycles. The van der Waals surface area contributed by atoms with Gasteiger partial charge in [-0.1, -0.05) is 0 Å². The van der Waals surface area contributed by atoms with Crippen LogP contribution in [0.3, 0.4) is 0 Å². The maximum atomic E-state index is 14.7. The molecule has 1 aromatic heterocycles. The number of halogens is 1. The van der Waals surface area contributed by atoms with Gasteiger partial charge in [-0.15, -0.1) is 0 Å². The van der Waals surface area contributed by atoms with Crippen LogP contribution in [0.25, 0.3) is 11.1 Å². The number of pyridine rings is 1. The smallest absolute Gasteiger partial charge is 0.410 e. The van der Waals surface area contributed by atoms with Crippen molar-refractivity contribution < 1.29 is 18.7 Å². The number of nitrogens with zero attached hydrogens (tertiary/aromatic N) is 3. The monoisotopic (exact) mass is 438 g/mol. The summed E-state index contributed by atoms with van der Waals surface area (Å²) in [4.78, 5) is 32.9. The van der Waals surface area contributed by atoms with E-state index in [1.165, 1.54) is 12.1 Å². The van der Waals surface area contributed by atoms with E-state index in [9.17, 15) is 14.0 Å². The lowest BCUT2D eigenvalue weighted by atomic mass is 9.90. The first-order chi connectivity index (χ1) is 15.2. The first-order valence-electron chi connectivity index (χ1n) is 11.0. The van der Waals surface area contributed by atoms with Crippen molar-refractivity contribution in [2.24, 2.45) is 0 Å². The molecule has 32 heavy (non-hydrogen) atoms. The Kier molecular flexibility index (Phi) is 4.65. The highest BCUT2D eigenvalue weighted by Crippen LogP contribution is 2.57. The number of nitrogens with one attached hydrogen (secondary N) is 1. The Bertz CT molecular complexity index is 1100. The van der Waals surface area contributed by atoms with Crippen LogP contribution >= 0.6 is 0 Å². The molecule has 0 unspecified atom stereocenters. The van der Waals surface area contributed by atoms with Gasteiger partial charge in [0, 0.05) is 43.6 Å². The summed E-state index contributed by atoms with van der Waals surface area (Å²) in [5.41, 5.74) is 2.18. The molecular formula is C24H27FN4O3. The number of hydrogen-bond donors (Lipinski definition) is 1. The second-order valence-electron chi connectivity index (χ2n) is 9.77. The molecule has 0 radical (unpaired) electrons. The molecule has 1 saturated carbocycles. The van der Waals surface area contributed by atoms with Crippen LogP contribution in [0.15, 0.2) is 30.5 Å². The normalized spacial score (nSPS) is 19.1. The molecule has 1 aliphatic carbocycles. The van der Waals surface area contributed by atoms with Crippen LogP contribution in [0.5, 0.6) is 0 Å². The molecule has 0 bridgehead atoms. The number of piperazine rings is 1. The average Bonchev–Trinajstić information content (AvgIpc) is 3.48. The van der Waals surface area contributed by atoms with E-state index in [-0.39, 0.29) is 17.8 Å². The van der Waals surface area contributed by atoms with Gasteiger partial charge >= 0.3 is 6.09 Å². The number of benzene rings is 1.